The van der Waals surface area contributed by atoms with Gasteiger partial charge in [0.05, 0.1) is 24.5 Å². The highest BCUT2D eigenvalue weighted by molar-refractivity contribution is 5.88. The van der Waals surface area contributed by atoms with E-state index in [1.54, 1.807) is 6.20 Å². The Morgan fingerprint density at radius 1 is 1.10 bits per heavy atom. The van der Waals surface area contributed by atoms with Crippen LogP contribution >= 0.6 is 0 Å². The molecule has 4 fully saturated rings. The van der Waals surface area contributed by atoms with Crippen molar-refractivity contribution in [2.24, 2.45) is 23.2 Å². The summed E-state index contributed by atoms with van der Waals surface area (Å²) >= 11 is 0. The number of carbonyl (C=O) groups excluding carboxylic acids is 2. The Kier molecular flexibility index (Phi) is 5.32. The highest BCUT2D eigenvalue weighted by Crippen LogP contribution is 2.60. The molecule has 1 aromatic heterocycles. The zero-order valence-electron chi connectivity index (χ0n) is 18.2. The van der Waals surface area contributed by atoms with E-state index in [1.807, 2.05) is 37.3 Å². The fourth-order valence-corrected chi connectivity index (χ4v) is 6.62. The Bertz CT molecular complexity index is 916. The van der Waals surface area contributed by atoms with E-state index < -0.39 is 0 Å². The van der Waals surface area contributed by atoms with E-state index in [0.29, 0.717) is 17.8 Å². The molecule has 31 heavy (non-hydrogen) atoms. The van der Waals surface area contributed by atoms with Gasteiger partial charge in [-0.05, 0) is 68.3 Å². The monoisotopic (exact) mass is 420 g/mol. The number of imidazole rings is 1. The summed E-state index contributed by atoms with van der Waals surface area (Å²) in [6.45, 7) is 2.05. The molecule has 6 heteroatoms. The van der Waals surface area contributed by atoms with Crippen LogP contribution in [0.1, 0.15) is 63.7 Å². The largest absolute Gasteiger partial charge is 0.347 e. The van der Waals surface area contributed by atoms with Crippen LogP contribution in [0.25, 0.3) is 11.3 Å². The lowest BCUT2D eigenvalue weighted by Crippen LogP contribution is -2.54. The Morgan fingerprint density at radius 2 is 1.74 bits per heavy atom. The first-order valence-corrected chi connectivity index (χ1v) is 11.7. The van der Waals surface area contributed by atoms with Crippen molar-refractivity contribution < 1.29 is 9.59 Å². The van der Waals surface area contributed by atoms with Crippen LogP contribution in [0, 0.1) is 23.2 Å². The number of nitrogens with one attached hydrogen (secondary N) is 3. The summed E-state index contributed by atoms with van der Waals surface area (Å²) in [6.07, 6.45) is 9.47. The first kappa shape index (κ1) is 20.3. The lowest BCUT2D eigenvalue weighted by Gasteiger charge is -2.55. The van der Waals surface area contributed by atoms with Gasteiger partial charge < -0.3 is 15.6 Å². The summed E-state index contributed by atoms with van der Waals surface area (Å²) in [7, 11) is 0. The SMILES string of the molecule is CCC(NC(=O)CNC(=O)C12CC3CC(CC(C3)C1)C2)c1ncc(-c2ccccc2)[nH]1. The lowest BCUT2D eigenvalue weighted by atomic mass is 9.49. The predicted octanol–water partition coefficient (Wildman–Crippen LogP) is 3.98. The van der Waals surface area contributed by atoms with Gasteiger partial charge in [0.1, 0.15) is 5.82 Å². The lowest BCUT2D eigenvalue weighted by molar-refractivity contribution is -0.147. The number of hydrogen-bond acceptors (Lipinski definition) is 3. The smallest absolute Gasteiger partial charge is 0.239 e. The minimum absolute atomic E-state index is 0.0311. The van der Waals surface area contributed by atoms with Crippen LogP contribution in [-0.2, 0) is 9.59 Å². The molecule has 6 rings (SSSR count). The molecule has 1 aromatic carbocycles. The minimum Gasteiger partial charge on any atom is -0.347 e. The van der Waals surface area contributed by atoms with Crippen molar-refractivity contribution >= 4 is 11.8 Å². The Morgan fingerprint density at radius 3 is 2.35 bits per heavy atom. The van der Waals surface area contributed by atoms with E-state index >= 15 is 0 Å². The van der Waals surface area contributed by atoms with Crippen LogP contribution < -0.4 is 10.6 Å². The highest BCUT2D eigenvalue weighted by Gasteiger charge is 2.54. The maximum atomic E-state index is 13.1. The zero-order valence-corrected chi connectivity index (χ0v) is 18.2. The van der Waals surface area contributed by atoms with Gasteiger partial charge in [0.2, 0.25) is 11.8 Å². The molecule has 0 saturated heterocycles. The van der Waals surface area contributed by atoms with E-state index in [0.717, 1.165) is 42.8 Å². The van der Waals surface area contributed by atoms with Gasteiger partial charge in [-0.15, -0.1) is 0 Å². The second-order valence-electron chi connectivity index (χ2n) is 9.96. The topological polar surface area (TPSA) is 86.9 Å². The van der Waals surface area contributed by atoms with Crippen molar-refractivity contribution in [3.63, 3.8) is 0 Å². The molecular formula is C25H32N4O2. The summed E-state index contributed by atoms with van der Waals surface area (Å²) in [5, 5.41) is 6.00. The molecule has 4 aliphatic carbocycles. The van der Waals surface area contributed by atoms with Gasteiger partial charge >= 0.3 is 0 Å². The number of aromatic nitrogens is 2. The van der Waals surface area contributed by atoms with Crippen molar-refractivity contribution in [2.45, 2.75) is 57.9 Å². The first-order chi connectivity index (χ1) is 15.0. The quantitative estimate of drug-likeness (QED) is 0.633. The molecule has 2 aromatic rings. The van der Waals surface area contributed by atoms with Gasteiger partial charge in [-0.1, -0.05) is 37.3 Å². The van der Waals surface area contributed by atoms with Gasteiger partial charge in [-0.2, -0.15) is 0 Å². The third-order valence-electron chi connectivity index (χ3n) is 7.68. The number of benzene rings is 1. The van der Waals surface area contributed by atoms with Gasteiger partial charge in [-0.3, -0.25) is 9.59 Å². The van der Waals surface area contributed by atoms with E-state index in [9.17, 15) is 9.59 Å². The van der Waals surface area contributed by atoms with E-state index in [4.69, 9.17) is 0 Å². The third-order valence-corrected chi connectivity index (χ3v) is 7.68. The van der Waals surface area contributed by atoms with Gasteiger partial charge in [0, 0.05) is 5.41 Å². The molecule has 1 unspecified atom stereocenters. The fraction of sp³-hybridized carbons (Fsp3) is 0.560. The summed E-state index contributed by atoms with van der Waals surface area (Å²) in [6, 6.07) is 9.80. The summed E-state index contributed by atoms with van der Waals surface area (Å²) in [5.74, 6) is 2.82. The van der Waals surface area contributed by atoms with Crippen molar-refractivity contribution in [2.75, 3.05) is 6.54 Å². The van der Waals surface area contributed by atoms with Crippen LogP contribution in [0.2, 0.25) is 0 Å². The van der Waals surface area contributed by atoms with Crippen LogP contribution in [0.15, 0.2) is 36.5 Å². The number of aromatic amines is 1. The van der Waals surface area contributed by atoms with Crippen LogP contribution in [0.4, 0.5) is 0 Å². The van der Waals surface area contributed by atoms with Crippen LogP contribution in [0.5, 0.6) is 0 Å². The number of carbonyl (C=O) groups is 2. The standard InChI is InChI=1S/C25H32N4O2/c1-2-20(23-26-14-21(29-23)19-6-4-3-5-7-19)28-22(30)15-27-24(31)25-11-16-8-17(12-25)10-18(9-16)13-25/h3-7,14,16-18,20H,2,8-13,15H2,1H3,(H,26,29)(H,27,31)(H,28,30). The Balaban J connectivity index is 1.17. The summed E-state index contributed by atoms with van der Waals surface area (Å²) < 4.78 is 0. The minimum atomic E-state index is -0.217. The number of H-pyrrole nitrogens is 1. The van der Waals surface area contributed by atoms with Gasteiger partial charge in [0.15, 0.2) is 0 Å². The second kappa shape index (κ2) is 8.13. The van der Waals surface area contributed by atoms with Crippen molar-refractivity contribution in [1.29, 1.82) is 0 Å². The molecule has 2 amide bonds. The molecule has 6 nitrogen and oxygen atoms in total. The predicted molar refractivity (Wildman–Crippen MR) is 119 cm³/mol. The third kappa shape index (κ3) is 4.00. The molecule has 3 N–H and O–H groups in total. The molecule has 1 atom stereocenters. The Hall–Kier alpha value is -2.63. The van der Waals surface area contributed by atoms with Crippen molar-refractivity contribution in [3.8, 4) is 11.3 Å². The van der Waals surface area contributed by atoms with E-state index in [1.165, 1.54) is 19.3 Å². The summed E-state index contributed by atoms with van der Waals surface area (Å²) in [4.78, 5) is 33.5. The molecule has 1 heterocycles. The van der Waals surface area contributed by atoms with Crippen molar-refractivity contribution in [3.05, 3.63) is 42.4 Å². The maximum Gasteiger partial charge on any atom is 0.239 e. The van der Waals surface area contributed by atoms with Crippen molar-refractivity contribution in [1.82, 2.24) is 20.6 Å². The maximum absolute atomic E-state index is 13.1. The number of hydrogen-bond donors (Lipinski definition) is 3. The van der Waals surface area contributed by atoms with Gasteiger partial charge in [0.25, 0.3) is 0 Å². The molecule has 4 aliphatic rings. The van der Waals surface area contributed by atoms with E-state index in [2.05, 4.69) is 20.6 Å². The molecule has 4 bridgehead atoms. The molecule has 0 radical (unpaired) electrons. The number of nitrogens with zero attached hydrogens (tertiary/aromatic N) is 1. The highest BCUT2D eigenvalue weighted by atomic mass is 16.2. The van der Waals surface area contributed by atoms with Crippen LogP contribution in [-0.4, -0.2) is 28.3 Å². The fourth-order valence-electron chi connectivity index (χ4n) is 6.62. The second-order valence-corrected chi connectivity index (χ2v) is 9.96. The number of amides is 2. The Labute approximate surface area is 183 Å². The first-order valence-electron chi connectivity index (χ1n) is 11.7. The van der Waals surface area contributed by atoms with E-state index in [-0.39, 0.29) is 29.8 Å². The summed E-state index contributed by atoms with van der Waals surface area (Å²) in [5.41, 5.74) is 1.77. The number of rotatable bonds is 7. The molecule has 4 saturated carbocycles. The molecule has 0 spiro atoms. The van der Waals surface area contributed by atoms with Gasteiger partial charge in [-0.25, -0.2) is 4.98 Å². The molecule has 0 aliphatic heterocycles. The zero-order chi connectivity index (χ0) is 21.4. The molecule has 164 valence electrons. The molecular weight excluding hydrogens is 388 g/mol. The van der Waals surface area contributed by atoms with Crippen LogP contribution in [0.3, 0.4) is 0 Å². The normalized spacial score (nSPS) is 29.5. The average Bonchev–Trinajstić information content (AvgIpc) is 3.25. The average molecular weight is 421 g/mol.